The molecule has 0 aliphatic carbocycles. The van der Waals surface area contributed by atoms with Crippen molar-refractivity contribution in [1.82, 2.24) is 19.4 Å². The number of aryl methyl sites for hydroxylation is 1. The highest BCUT2D eigenvalue weighted by atomic mass is 79.9. The van der Waals surface area contributed by atoms with Gasteiger partial charge >= 0.3 is 0 Å². The molecule has 0 saturated heterocycles. The van der Waals surface area contributed by atoms with Gasteiger partial charge in [0.1, 0.15) is 5.82 Å². The third kappa shape index (κ3) is 6.07. The number of amides is 3. The van der Waals surface area contributed by atoms with Gasteiger partial charge in [-0.05, 0) is 67.3 Å². The maximum atomic E-state index is 14.4. The maximum Gasteiger partial charge on any atom is 0.261 e. The molecule has 0 N–H and O–H groups in total. The predicted molar refractivity (Wildman–Crippen MR) is 179 cm³/mol. The zero-order chi connectivity index (χ0) is 31.7. The number of benzene rings is 4. The van der Waals surface area contributed by atoms with E-state index in [1.165, 1.54) is 4.90 Å². The summed E-state index contributed by atoms with van der Waals surface area (Å²) in [7, 11) is 0. The molecule has 0 radical (unpaired) electrons. The van der Waals surface area contributed by atoms with Gasteiger partial charge in [0.15, 0.2) is 0 Å². The quantitative estimate of drug-likeness (QED) is 0.144. The first-order valence-electron chi connectivity index (χ1n) is 15.3. The van der Waals surface area contributed by atoms with Crippen LogP contribution in [0.25, 0.3) is 11.0 Å². The second-order valence-electron chi connectivity index (χ2n) is 11.9. The van der Waals surface area contributed by atoms with Crippen LogP contribution in [-0.4, -0.2) is 50.2 Å². The summed E-state index contributed by atoms with van der Waals surface area (Å²) in [5.41, 5.74) is 5.46. The lowest BCUT2D eigenvalue weighted by atomic mass is 9.99. The lowest BCUT2D eigenvalue weighted by Gasteiger charge is -2.35. The molecule has 4 aromatic carbocycles. The van der Waals surface area contributed by atoms with Crippen molar-refractivity contribution in [3.63, 3.8) is 0 Å². The average molecular weight is 664 g/mol. The summed E-state index contributed by atoms with van der Waals surface area (Å²) < 4.78 is 3.14. The van der Waals surface area contributed by atoms with E-state index < -0.39 is 0 Å². The third-order valence-corrected chi connectivity index (χ3v) is 8.87. The highest BCUT2D eigenvalue weighted by Crippen LogP contribution is 2.34. The molecule has 0 fully saturated rings. The second kappa shape index (κ2) is 12.8. The molecule has 1 unspecified atom stereocenters. The number of imidazole rings is 1. The molecule has 7 nitrogen and oxygen atoms in total. The Morgan fingerprint density at radius 3 is 2.16 bits per heavy atom. The number of aromatic nitrogens is 2. The Kier molecular flexibility index (Phi) is 8.67. The summed E-state index contributed by atoms with van der Waals surface area (Å²) in [6.07, 6.45) is 0.427. The van der Waals surface area contributed by atoms with Gasteiger partial charge in [0.2, 0.25) is 0 Å². The van der Waals surface area contributed by atoms with E-state index in [9.17, 15) is 14.4 Å². The third-order valence-electron chi connectivity index (χ3n) is 8.37. The van der Waals surface area contributed by atoms with Crippen molar-refractivity contribution in [2.24, 2.45) is 5.92 Å². The van der Waals surface area contributed by atoms with Gasteiger partial charge in [0.25, 0.3) is 17.7 Å². The summed E-state index contributed by atoms with van der Waals surface area (Å²) in [6, 6.07) is 30.4. The van der Waals surface area contributed by atoms with Crippen molar-refractivity contribution >= 4 is 44.7 Å². The summed E-state index contributed by atoms with van der Waals surface area (Å²) in [6.45, 7) is 7.34. The van der Waals surface area contributed by atoms with E-state index in [0.717, 1.165) is 32.5 Å². The van der Waals surface area contributed by atoms with E-state index in [4.69, 9.17) is 4.98 Å². The van der Waals surface area contributed by atoms with Crippen LogP contribution in [0.2, 0.25) is 0 Å². The van der Waals surface area contributed by atoms with Crippen molar-refractivity contribution in [2.75, 3.05) is 13.1 Å². The maximum absolute atomic E-state index is 14.4. The van der Waals surface area contributed by atoms with Gasteiger partial charge in [0, 0.05) is 29.7 Å². The number of nitrogens with zero attached hydrogens (tertiary/aromatic N) is 4. The van der Waals surface area contributed by atoms with Crippen LogP contribution >= 0.6 is 15.9 Å². The lowest BCUT2D eigenvalue weighted by molar-refractivity contribution is 0.0575. The number of fused-ring (bicyclic) bond motifs is 2. The molecule has 1 atom stereocenters. The Morgan fingerprint density at radius 1 is 0.867 bits per heavy atom. The van der Waals surface area contributed by atoms with Crippen molar-refractivity contribution in [2.45, 2.75) is 39.8 Å². The van der Waals surface area contributed by atoms with Crippen LogP contribution in [0.4, 0.5) is 0 Å². The molecule has 5 aromatic rings. The van der Waals surface area contributed by atoms with E-state index in [0.29, 0.717) is 36.2 Å². The summed E-state index contributed by atoms with van der Waals surface area (Å²) in [5.74, 6) is 0.109. The molecule has 45 heavy (non-hydrogen) atoms. The van der Waals surface area contributed by atoms with Crippen molar-refractivity contribution in [1.29, 1.82) is 0 Å². The number of hydrogen-bond donors (Lipinski definition) is 0. The Balaban J connectivity index is 1.38. The minimum Gasteiger partial charge on any atom is -0.328 e. The van der Waals surface area contributed by atoms with Crippen LogP contribution in [0.15, 0.2) is 102 Å². The van der Waals surface area contributed by atoms with Gasteiger partial charge in [-0.1, -0.05) is 89.9 Å². The van der Waals surface area contributed by atoms with Crippen molar-refractivity contribution < 1.29 is 14.4 Å². The van der Waals surface area contributed by atoms with Gasteiger partial charge in [-0.15, -0.1) is 0 Å². The van der Waals surface area contributed by atoms with E-state index in [1.54, 1.807) is 24.3 Å². The van der Waals surface area contributed by atoms with Crippen LogP contribution in [-0.2, 0) is 6.54 Å². The van der Waals surface area contributed by atoms with Crippen LogP contribution in [0, 0.1) is 12.8 Å². The summed E-state index contributed by atoms with van der Waals surface area (Å²) in [4.78, 5) is 48.9. The molecule has 228 valence electrons. The number of hydrogen-bond acceptors (Lipinski definition) is 4. The fourth-order valence-electron chi connectivity index (χ4n) is 6.15. The molecule has 0 saturated carbocycles. The van der Waals surface area contributed by atoms with Crippen molar-refractivity contribution in [3.05, 3.63) is 135 Å². The highest BCUT2D eigenvalue weighted by Gasteiger charge is 2.36. The zero-order valence-corrected chi connectivity index (χ0v) is 27.2. The Labute approximate surface area is 271 Å². The summed E-state index contributed by atoms with van der Waals surface area (Å²) in [5, 5.41) is 0. The van der Waals surface area contributed by atoms with Gasteiger partial charge < -0.3 is 9.47 Å². The van der Waals surface area contributed by atoms with Crippen molar-refractivity contribution in [3.8, 4) is 0 Å². The molecule has 8 heteroatoms. The van der Waals surface area contributed by atoms with Gasteiger partial charge in [0.05, 0.1) is 28.2 Å². The molecule has 0 bridgehead atoms. The molecule has 2 heterocycles. The molecule has 0 spiro atoms. The molecule has 1 aromatic heterocycles. The standard InChI is InChI=1S/C37H35BrN4O3/c1-24(2)33(34-39-31-22-28(38)18-19-32(31)42(34)23-26-10-5-4-6-11-26)40(35(43)27-16-14-25(3)15-17-27)20-9-21-41-36(44)29-12-7-8-13-30(29)37(41)45/h4-8,10-19,22,24,33H,9,20-21,23H2,1-3H3. The van der Waals surface area contributed by atoms with Gasteiger partial charge in [-0.3, -0.25) is 19.3 Å². The highest BCUT2D eigenvalue weighted by molar-refractivity contribution is 9.10. The number of carbonyl (C=O) groups is 3. The molecular formula is C37H35BrN4O3. The molecule has 6 rings (SSSR count). The predicted octanol–water partition coefficient (Wildman–Crippen LogP) is 7.68. The number of carbonyl (C=O) groups excluding carboxylic acids is 3. The lowest BCUT2D eigenvalue weighted by Crippen LogP contribution is -2.41. The fraction of sp³-hybridized carbons (Fsp3) is 0.243. The minimum absolute atomic E-state index is 0.00785. The Morgan fingerprint density at radius 2 is 1.51 bits per heavy atom. The van der Waals surface area contributed by atoms with Gasteiger partial charge in [-0.2, -0.15) is 0 Å². The largest absolute Gasteiger partial charge is 0.328 e. The van der Waals surface area contributed by atoms with E-state index >= 15 is 0 Å². The first-order chi connectivity index (χ1) is 21.7. The topological polar surface area (TPSA) is 75.5 Å². The first-order valence-corrected chi connectivity index (χ1v) is 16.0. The van der Waals surface area contributed by atoms with Gasteiger partial charge in [-0.25, -0.2) is 4.98 Å². The molecular weight excluding hydrogens is 628 g/mol. The fourth-order valence-corrected chi connectivity index (χ4v) is 6.50. The summed E-state index contributed by atoms with van der Waals surface area (Å²) >= 11 is 3.60. The van der Waals surface area contributed by atoms with Crippen LogP contribution < -0.4 is 0 Å². The Bertz CT molecular complexity index is 1850. The van der Waals surface area contributed by atoms with Crippen LogP contribution in [0.3, 0.4) is 0 Å². The second-order valence-corrected chi connectivity index (χ2v) is 12.8. The smallest absolute Gasteiger partial charge is 0.261 e. The van der Waals surface area contributed by atoms with Crippen LogP contribution in [0.5, 0.6) is 0 Å². The molecule has 1 aliphatic heterocycles. The molecule has 3 amide bonds. The zero-order valence-electron chi connectivity index (χ0n) is 25.6. The normalized spacial score (nSPS) is 13.5. The Hall–Kier alpha value is -4.56. The average Bonchev–Trinajstić information content (AvgIpc) is 3.50. The van der Waals surface area contributed by atoms with E-state index in [1.807, 2.05) is 66.4 Å². The SMILES string of the molecule is Cc1ccc(C(=O)N(CCCN2C(=O)c3ccccc3C2=O)C(c2nc3cc(Br)ccc3n2Cc2ccccc2)C(C)C)cc1. The molecule has 1 aliphatic rings. The minimum atomic E-state index is -0.379. The number of halogens is 1. The number of imide groups is 1. The van der Waals surface area contributed by atoms with E-state index in [-0.39, 0.29) is 36.2 Å². The van der Waals surface area contributed by atoms with Crippen LogP contribution in [0.1, 0.15) is 74.3 Å². The first kappa shape index (κ1) is 30.5. The monoisotopic (exact) mass is 662 g/mol. The van der Waals surface area contributed by atoms with E-state index in [2.05, 4.69) is 52.5 Å². The number of rotatable bonds is 10.